The summed E-state index contributed by atoms with van der Waals surface area (Å²) in [7, 11) is 0. The topological polar surface area (TPSA) is 63.6 Å². The van der Waals surface area contributed by atoms with Gasteiger partial charge in [-0.15, -0.1) is 0 Å². The summed E-state index contributed by atoms with van der Waals surface area (Å²) in [6, 6.07) is 6.84. The van der Waals surface area contributed by atoms with Crippen molar-refractivity contribution in [1.82, 2.24) is 0 Å². The Kier molecular flexibility index (Phi) is 5.79. The molecule has 4 heteroatoms. The van der Waals surface area contributed by atoms with Crippen LogP contribution in [-0.2, 0) is 9.59 Å². The fourth-order valence-corrected chi connectivity index (χ4v) is 1.57. The summed E-state index contributed by atoms with van der Waals surface area (Å²) in [5, 5.41) is 8.97. The zero-order valence-corrected chi connectivity index (χ0v) is 11.2. The van der Waals surface area contributed by atoms with Gasteiger partial charge in [0.15, 0.2) is 0 Å². The van der Waals surface area contributed by atoms with Crippen molar-refractivity contribution in [2.75, 3.05) is 0 Å². The Bertz CT molecular complexity index is 489. The van der Waals surface area contributed by atoms with E-state index < -0.39 is 5.97 Å². The van der Waals surface area contributed by atoms with E-state index in [0.29, 0.717) is 29.7 Å². The monoisotopic (exact) mass is 262 g/mol. The van der Waals surface area contributed by atoms with Crippen LogP contribution in [0.1, 0.15) is 38.7 Å². The van der Waals surface area contributed by atoms with Gasteiger partial charge in [-0.1, -0.05) is 26.0 Å². The van der Waals surface area contributed by atoms with Crippen LogP contribution in [-0.4, -0.2) is 17.0 Å². The van der Waals surface area contributed by atoms with Gasteiger partial charge in [-0.2, -0.15) is 0 Å². The van der Waals surface area contributed by atoms with Gasteiger partial charge >= 0.3 is 11.9 Å². The standard InChI is InChI=1S/C15H18O4/c1-3-6-14(16)19-13-8-5-7-11(10-13)9-12(4-2)15(17)18/h5,7-10H,3-4,6H2,1-2H3,(H,17,18). The first-order chi connectivity index (χ1) is 9.06. The number of hydrogen-bond acceptors (Lipinski definition) is 3. The number of benzene rings is 1. The first-order valence-corrected chi connectivity index (χ1v) is 6.31. The number of carboxylic acid groups (broad SMARTS) is 1. The van der Waals surface area contributed by atoms with Crippen molar-refractivity contribution in [3.05, 3.63) is 35.4 Å². The number of carboxylic acids is 1. The molecule has 0 spiro atoms. The Morgan fingerprint density at radius 1 is 1.32 bits per heavy atom. The smallest absolute Gasteiger partial charge is 0.331 e. The molecule has 1 rings (SSSR count). The highest BCUT2D eigenvalue weighted by Gasteiger charge is 2.06. The van der Waals surface area contributed by atoms with Crippen LogP contribution in [0.5, 0.6) is 5.75 Å². The van der Waals surface area contributed by atoms with Crippen LogP contribution in [0.2, 0.25) is 0 Å². The zero-order chi connectivity index (χ0) is 14.3. The molecule has 1 aromatic rings. The van der Waals surface area contributed by atoms with Gasteiger partial charge in [0.05, 0.1) is 0 Å². The van der Waals surface area contributed by atoms with Gasteiger partial charge in [0.2, 0.25) is 0 Å². The van der Waals surface area contributed by atoms with E-state index in [4.69, 9.17) is 9.84 Å². The zero-order valence-electron chi connectivity index (χ0n) is 11.2. The maximum Gasteiger partial charge on any atom is 0.331 e. The van der Waals surface area contributed by atoms with Gasteiger partial charge in [-0.3, -0.25) is 4.79 Å². The lowest BCUT2D eigenvalue weighted by atomic mass is 10.1. The lowest BCUT2D eigenvalue weighted by molar-refractivity contribution is -0.134. The van der Waals surface area contributed by atoms with Crippen molar-refractivity contribution in [1.29, 1.82) is 0 Å². The molecule has 0 aromatic heterocycles. The molecule has 19 heavy (non-hydrogen) atoms. The number of esters is 1. The summed E-state index contributed by atoms with van der Waals surface area (Å²) in [5.74, 6) is -0.776. The van der Waals surface area contributed by atoms with E-state index in [1.807, 2.05) is 6.92 Å². The molecule has 0 amide bonds. The Balaban J connectivity index is 2.88. The Morgan fingerprint density at radius 2 is 2.05 bits per heavy atom. The van der Waals surface area contributed by atoms with Gasteiger partial charge in [-0.05, 0) is 36.6 Å². The molecule has 0 bridgehead atoms. The molecule has 0 saturated heterocycles. The number of rotatable bonds is 6. The molecule has 0 atom stereocenters. The normalized spacial score (nSPS) is 11.2. The highest BCUT2D eigenvalue weighted by molar-refractivity contribution is 5.92. The molecule has 0 aliphatic heterocycles. The summed E-state index contributed by atoms with van der Waals surface area (Å²) in [4.78, 5) is 22.3. The number of aliphatic carboxylic acids is 1. The van der Waals surface area contributed by atoms with Crippen LogP contribution in [0.15, 0.2) is 29.8 Å². The van der Waals surface area contributed by atoms with E-state index in [0.717, 1.165) is 6.42 Å². The SMILES string of the molecule is CCCC(=O)Oc1cccc(C=C(CC)C(=O)O)c1. The van der Waals surface area contributed by atoms with E-state index >= 15 is 0 Å². The van der Waals surface area contributed by atoms with Crippen molar-refractivity contribution >= 4 is 18.0 Å². The molecule has 0 aliphatic carbocycles. The van der Waals surface area contributed by atoms with E-state index in [1.54, 1.807) is 37.3 Å². The molecule has 0 heterocycles. The summed E-state index contributed by atoms with van der Waals surface area (Å²) < 4.78 is 5.16. The quantitative estimate of drug-likeness (QED) is 0.485. The number of ether oxygens (including phenoxy) is 1. The lowest BCUT2D eigenvalue weighted by Gasteiger charge is -2.05. The molecule has 4 nitrogen and oxygen atoms in total. The van der Waals surface area contributed by atoms with Gasteiger partial charge in [-0.25, -0.2) is 4.79 Å². The molecule has 0 fully saturated rings. The molecular formula is C15H18O4. The molecule has 1 N–H and O–H groups in total. The maximum atomic E-state index is 11.4. The second kappa shape index (κ2) is 7.36. The van der Waals surface area contributed by atoms with Crippen LogP contribution in [0, 0.1) is 0 Å². The van der Waals surface area contributed by atoms with Crippen LogP contribution >= 0.6 is 0 Å². The molecule has 1 aromatic carbocycles. The second-order valence-electron chi connectivity index (χ2n) is 4.12. The Hall–Kier alpha value is -2.10. The van der Waals surface area contributed by atoms with Crippen molar-refractivity contribution in [3.8, 4) is 5.75 Å². The van der Waals surface area contributed by atoms with E-state index in [-0.39, 0.29) is 5.97 Å². The molecule has 0 saturated carbocycles. The van der Waals surface area contributed by atoms with Crippen molar-refractivity contribution in [2.24, 2.45) is 0 Å². The highest BCUT2D eigenvalue weighted by atomic mass is 16.5. The molecule has 102 valence electrons. The highest BCUT2D eigenvalue weighted by Crippen LogP contribution is 2.17. The fraction of sp³-hybridized carbons (Fsp3) is 0.333. The first-order valence-electron chi connectivity index (χ1n) is 6.31. The average molecular weight is 262 g/mol. The van der Waals surface area contributed by atoms with Crippen molar-refractivity contribution in [3.63, 3.8) is 0 Å². The van der Waals surface area contributed by atoms with Crippen molar-refractivity contribution < 1.29 is 19.4 Å². The third kappa shape index (κ3) is 4.95. The lowest BCUT2D eigenvalue weighted by Crippen LogP contribution is -2.06. The second-order valence-corrected chi connectivity index (χ2v) is 4.12. The fourth-order valence-electron chi connectivity index (χ4n) is 1.57. The Labute approximate surface area is 112 Å². The number of carbonyl (C=O) groups excluding carboxylic acids is 1. The predicted molar refractivity (Wildman–Crippen MR) is 72.9 cm³/mol. The van der Waals surface area contributed by atoms with Crippen LogP contribution in [0.3, 0.4) is 0 Å². The summed E-state index contributed by atoms with van der Waals surface area (Å²) in [5.41, 5.74) is 1.03. The summed E-state index contributed by atoms with van der Waals surface area (Å²) in [6.45, 7) is 3.69. The van der Waals surface area contributed by atoms with Crippen LogP contribution in [0.25, 0.3) is 6.08 Å². The third-order valence-corrected chi connectivity index (χ3v) is 2.54. The van der Waals surface area contributed by atoms with Crippen LogP contribution < -0.4 is 4.74 Å². The van der Waals surface area contributed by atoms with Gasteiger partial charge in [0.1, 0.15) is 5.75 Å². The molecule has 0 aliphatic rings. The van der Waals surface area contributed by atoms with E-state index in [2.05, 4.69) is 0 Å². The number of hydrogen-bond donors (Lipinski definition) is 1. The summed E-state index contributed by atoms with van der Waals surface area (Å²) in [6.07, 6.45) is 3.13. The minimum atomic E-state index is -0.934. The van der Waals surface area contributed by atoms with Gasteiger partial charge in [0, 0.05) is 12.0 Å². The van der Waals surface area contributed by atoms with Gasteiger partial charge < -0.3 is 9.84 Å². The van der Waals surface area contributed by atoms with E-state index in [1.165, 1.54) is 0 Å². The van der Waals surface area contributed by atoms with Crippen molar-refractivity contribution in [2.45, 2.75) is 33.1 Å². The summed E-state index contributed by atoms with van der Waals surface area (Å²) >= 11 is 0. The average Bonchev–Trinajstić information content (AvgIpc) is 2.36. The molecular weight excluding hydrogens is 244 g/mol. The minimum absolute atomic E-state index is 0.280. The van der Waals surface area contributed by atoms with E-state index in [9.17, 15) is 9.59 Å². The third-order valence-electron chi connectivity index (χ3n) is 2.54. The first kappa shape index (κ1) is 15.0. The minimum Gasteiger partial charge on any atom is -0.478 e. The Morgan fingerprint density at radius 3 is 2.63 bits per heavy atom. The molecule has 0 radical (unpaired) electrons. The largest absolute Gasteiger partial charge is 0.478 e. The number of carbonyl (C=O) groups is 2. The molecule has 0 unspecified atom stereocenters. The van der Waals surface area contributed by atoms with Crippen LogP contribution in [0.4, 0.5) is 0 Å². The predicted octanol–water partition coefficient (Wildman–Crippen LogP) is 3.27. The maximum absolute atomic E-state index is 11.4. The van der Waals surface area contributed by atoms with Gasteiger partial charge in [0.25, 0.3) is 0 Å².